The number of ether oxygens (including phenoxy) is 1. The summed E-state index contributed by atoms with van der Waals surface area (Å²) < 4.78 is 6.10. The standard InChI is InChI=1S/C18H28BClO5/c1-23-18(12-3-2-4-15(7-12)19(21)22)17(24-25-18)13-5-11-6-14(17)10-16(20,8-11)9-13/h11-15,21-22H,2-10H2,1H3. The predicted octanol–water partition coefficient (Wildman–Crippen LogP) is 2.88. The fourth-order valence-electron chi connectivity index (χ4n) is 7.39. The van der Waals surface area contributed by atoms with Crippen LogP contribution in [-0.4, -0.2) is 40.5 Å². The summed E-state index contributed by atoms with van der Waals surface area (Å²) in [4.78, 5) is 11.7. The number of hydrogen-bond acceptors (Lipinski definition) is 5. The molecule has 4 bridgehead atoms. The lowest BCUT2D eigenvalue weighted by Crippen LogP contribution is -2.81. The first-order chi connectivity index (χ1) is 11.9. The van der Waals surface area contributed by atoms with Gasteiger partial charge in [0.25, 0.3) is 0 Å². The molecule has 140 valence electrons. The van der Waals surface area contributed by atoms with Crippen molar-refractivity contribution in [2.75, 3.05) is 7.11 Å². The highest BCUT2D eigenvalue weighted by atomic mass is 35.5. The zero-order chi connectivity index (χ0) is 17.4. The summed E-state index contributed by atoms with van der Waals surface area (Å²) in [6.45, 7) is 0. The third-order valence-corrected chi connectivity index (χ3v) is 8.62. The number of methoxy groups -OCH3 is 1. The van der Waals surface area contributed by atoms with Crippen LogP contribution in [0.25, 0.3) is 0 Å². The molecule has 0 radical (unpaired) electrons. The highest BCUT2D eigenvalue weighted by Crippen LogP contribution is 2.71. The molecule has 5 saturated carbocycles. The monoisotopic (exact) mass is 370 g/mol. The molecule has 6 rings (SSSR count). The lowest BCUT2D eigenvalue weighted by Gasteiger charge is -2.71. The van der Waals surface area contributed by atoms with Gasteiger partial charge in [-0.3, -0.25) is 0 Å². The van der Waals surface area contributed by atoms with E-state index in [1.807, 2.05) is 0 Å². The van der Waals surface area contributed by atoms with Gasteiger partial charge in [-0.15, -0.1) is 11.6 Å². The van der Waals surface area contributed by atoms with Crippen LogP contribution in [0.2, 0.25) is 5.82 Å². The second-order valence-electron chi connectivity index (χ2n) is 9.36. The fraction of sp³-hybridized carbons (Fsp3) is 1.00. The van der Waals surface area contributed by atoms with E-state index in [4.69, 9.17) is 26.1 Å². The highest BCUT2D eigenvalue weighted by molar-refractivity contribution is 6.43. The van der Waals surface area contributed by atoms with Crippen molar-refractivity contribution in [2.24, 2.45) is 23.7 Å². The van der Waals surface area contributed by atoms with Gasteiger partial charge in [-0.05, 0) is 68.5 Å². The first kappa shape index (κ1) is 17.3. The SMILES string of the molecule is COC1(C2CCCC(B(O)O)C2)OOC12C1CC3CC2CC(Cl)(C3)C1. The second kappa shape index (κ2) is 5.58. The summed E-state index contributed by atoms with van der Waals surface area (Å²) in [5.74, 6) is 0.737. The van der Waals surface area contributed by atoms with Crippen molar-refractivity contribution in [2.45, 2.75) is 79.9 Å². The molecule has 5 aliphatic carbocycles. The maximum atomic E-state index is 9.69. The van der Waals surface area contributed by atoms with Crippen LogP contribution in [0.5, 0.6) is 0 Å². The quantitative estimate of drug-likeness (QED) is 0.454. The molecule has 5 nitrogen and oxygen atoms in total. The minimum atomic E-state index is -1.27. The highest BCUT2D eigenvalue weighted by Gasteiger charge is 2.79. The first-order valence-corrected chi connectivity index (χ1v) is 10.3. The van der Waals surface area contributed by atoms with Crippen molar-refractivity contribution in [3.8, 4) is 0 Å². The number of alkyl halides is 1. The molecule has 0 aromatic heterocycles. The largest absolute Gasteiger partial charge is 0.454 e. The molecular weight excluding hydrogens is 342 g/mol. The zero-order valence-corrected chi connectivity index (χ0v) is 15.6. The molecule has 1 saturated heterocycles. The maximum absolute atomic E-state index is 9.69. The van der Waals surface area contributed by atoms with E-state index >= 15 is 0 Å². The topological polar surface area (TPSA) is 68.2 Å². The molecule has 0 amide bonds. The third kappa shape index (κ3) is 2.16. The van der Waals surface area contributed by atoms with E-state index in [1.165, 1.54) is 0 Å². The van der Waals surface area contributed by atoms with Gasteiger partial charge in [0.15, 0.2) is 5.60 Å². The smallest absolute Gasteiger partial charge is 0.427 e. The van der Waals surface area contributed by atoms with Crippen molar-refractivity contribution in [3.63, 3.8) is 0 Å². The average Bonchev–Trinajstić information content (AvgIpc) is 2.53. The van der Waals surface area contributed by atoms with Gasteiger partial charge in [-0.2, -0.15) is 4.89 Å². The van der Waals surface area contributed by atoms with Crippen molar-refractivity contribution in [1.29, 1.82) is 0 Å². The van der Waals surface area contributed by atoms with E-state index < -0.39 is 18.5 Å². The van der Waals surface area contributed by atoms with Crippen LogP contribution in [0, 0.1) is 23.7 Å². The molecule has 5 atom stereocenters. The zero-order valence-electron chi connectivity index (χ0n) is 14.8. The molecule has 25 heavy (non-hydrogen) atoms. The van der Waals surface area contributed by atoms with Crippen molar-refractivity contribution < 1.29 is 24.6 Å². The van der Waals surface area contributed by atoms with Gasteiger partial charge in [0.05, 0.1) is 0 Å². The Labute approximate surface area is 154 Å². The molecule has 2 N–H and O–H groups in total. The van der Waals surface area contributed by atoms with Gasteiger partial charge in [0.2, 0.25) is 5.79 Å². The van der Waals surface area contributed by atoms with Gasteiger partial charge in [-0.25, -0.2) is 4.89 Å². The van der Waals surface area contributed by atoms with Gasteiger partial charge in [0, 0.05) is 17.9 Å². The summed E-state index contributed by atoms with van der Waals surface area (Å²) in [5, 5.41) is 19.4. The molecular formula is C18H28BClO5. The number of rotatable bonds is 3. The third-order valence-electron chi connectivity index (χ3n) is 8.15. The summed E-state index contributed by atoms with van der Waals surface area (Å²) in [6.07, 6.45) is 8.92. The molecule has 6 aliphatic rings. The average molecular weight is 371 g/mol. The number of hydrogen-bond donors (Lipinski definition) is 2. The van der Waals surface area contributed by atoms with Crippen LogP contribution in [0.1, 0.15) is 57.8 Å². The van der Waals surface area contributed by atoms with Gasteiger partial charge < -0.3 is 14.8 Å². The van der Waals surface area contributed by atoms with Crippen molar-refractivity contribution >= 4 is 18.7 Å². The molecule has 6 fully saturated rings. The lowest BCUT2D eigenvalue weighted by molar-refractivity contribution is -0.646. The Balaban J connectivity index is 1.48. The van der Waals surface area contributed by atoms with Gasteiger partial charge in [-0.1, -0.05) is 12.8 Å². The first-order valence-electron chi connectivity index (χ1n) is 9.89. The molecule has 1 spiro atoms. The van der Waals surface area contributed by atoms with E-state index in [0.717, 1.165) is 51.4 Å². The lowest BCUT2D eigenvalue weighted by atomic mass is 9.45. The van der Waals surface area contributed by atoms with E-state index in [0.29, 0.717) is 24.2 Å². The van der Waals surface area contributed by atoms with Crippen molar-refractivity contribution in [1.82, 2.24) is 0 Å². The normalized spacial score (nSPS) is 56.9. The summed E-state index contributed by atoms with van der Waals surface area (Å²) in [6, 6.07) is 0. The molecule has 1 aliphatic heterocycles. The van der Waals surface area contributed by atoms with Crippen LogP contribution in [0.15, 0.2) is 0 Å². The Bertz CT molecular complexity index is 540. The molecule has 0 aromatic carbocycles. The maximum Gasteiger partial charge on any atom is 0.454 e. The van der Waals surface area contributed by atoms with Crippen molar-refractivity contribution in [3.05, 3.63) is 0 Å². The van der Waals surface area contributed by atoms with Crippen LogP contribution < -0.4 is 0 Å². The number of halogens is 1. The Hall–Kier alpha value is 0.155. The van der Waals surface area contributed by atoms with E-state index in [9.17, 15) is 10.0 Å². The molecule has 1 heterocycles. The Morgan fingerprint density at radius 3 is 2.24 bits per heavy atom. The minimum absolute atomic E-state index is 0.0590. The Kier molecular flexibility index (Phi) is 3.86. The van der Waals surface area contributed by atoms with E-state index in [1.54, 1.807) is 7.11 Å². The fourth-order valence-corrected chi connectivity index (χ4v) is 7.98. The molecule has 7 heteroatoms. The van der Waals surface area contributed by atoms with Crippen LogP contribution in [0.4, 0.5) is 0 Å². The summed E-state index contributed by atoms with van der Waals surface area (Å²) in [5.41, 5.74) is -0.399. The Morgan fingerprint density at radius 1 is 1.00 bits per heavy atom. The van der Waals surface area contributed by atoms with Crippen LogP contribution in [-0.2, 0) is 14.5 Å². The molecule has 0 aromatic rings. The van der Waals surface area contributed by atoms with Crippen LogP contribution in [0.3, 0.4) is 0 Å². The second-order valence-corrected chi connectivity index (χ2v) is 10.2. The van der Waals surface area contributed by atoms with Gasteiger partial charge in [0.1, 0.15) is 0 Å². The van der Waals surface area contributed by atoms with E-state index in [-0.39, 0.29) is 16.6 Å². The summed E-state index contributed by atoms with van der Waals surface area (Å²) in [7, 11) is 0.461. The van der Waals surface area contributed by atoms with Gasteiger partial charge >= 0.3 is 7.12 Å². The predicted molar refractivity (Wildman–Crippen MR) is 92.7 cm³/mol. The molecule has 5 unspecified atom stereocenters. The van der Waals surface area contributed by atoms with E-state index in [2.05, 4.69) is 0 Å². The summed E-state index contributed by atoms with van der Waals surface area (Å²) >= 11 is 6.92. The minimum Gasteiger partial charge on any atom is -0.427 e. The van der Waals surface area contributed by atoms with Crippen LogP contribution >= 0.6 is 11.6 Å². The Morgan fingerprint density at radius 2 is 1.72 bits per heavy atom.